The van der Waals surface area contributed by atoms with E-state index >= 15 is 0 Å². The van der Waals surface area contributed by atoms with Gasteiger partial charge in [0.2, 0.25) is 5.91 Å². The Kier molecular flexibility index (Phi) is 3.87. The minimum atomic E-state index is -0.291. The molecule has 5 heteroatoms. The molecule has 3 aromatic rings. The van der Waals surface area contributed by atoms with Crippen LogP contribution in [0.5, 0.6) is 0 Å². The average molecular weight is 358 g/mol. The topological polar surface area (TPSA) is 29.1 Å². The van der Waals surface area contributed by atoms with Gasteiger partial charge in [-0.2, -0.15) is 0 Å². The van der Waals surface area contributed by atoms with Crippen molar-refractivity contribution in [2.24, 2.45) is 0 Å². The van der Waals surface area contributed by atoms with Gasteiger partial charge in [-0.15, -0.1) is 11.3 Å². The predicted octanol–water partition coefficient (Wildman–Crippen LogP) is 5.68. The van der Waals surface area contributed by atoms with Gasteiger partial charge in [-0.3, -0.25) is 4.79 Å². The third-order valence-corrected chi connectivity index (χ3v) is 5.57. The first kappa shape index (κ1) is 15.4. The zero-order valence-electron chi connectivity index (χ0n) is 12.6. The number of thiophene rings is 1. The van der Waals surface area contributed by atoms with Crippen molar-refractivity contribution in [2.75, 3.05) is 5.32 Å². The van der Waals surface area contributed by atoms with Crippen LogP contribution in [0.4, 0.5) is 10.1 Å². The molecule has 0 radical (unpaired) electrons. The molecule has 2 aromatic carbocycles. The van der Waals surface area contributed by atoms with Gasteiger partial charge in [-0.05, 0) is 23.8 Å². The number of nitrogens with one attached hydrogen (secondary N) is 1. The molecule has 1 aliphatic heterocycles. The third-order valence-electron chi connectivity index (χ3n) is 4.23. The van der Waals surface area contributed by atoms with E-state index in [1.165, 1.54) is 6.07 Å². The van der Waals surface area contributed by atoms with Gasteiger partial charge in [0, 0.05) is 38.7 Å². The van der Waals surface area contributed by atoms with Crippen LogP contribution in [0.1, 0.15) is 22.8 Å². The van der Waals surface area contributed by atoms with Crippen LogP contribution in [0, 0.1) is 5.82 Å². The molecule has 0 spiro atoms. The summed E-state index contributed by atoms with van der Waals surface area (Å²) in [4.78, 5) is 13.3. The van der Waals surface area contributed by atoms with Crippen molar-refractivity contribution >= 4 is 34.5 Å². The lowest BCUT2D eigenvalue weighted by atomic mass is 9.89. The van der Waals surface area contributed by atoms with Gasteiger partial charge < -0.3 is 5.32 Å². The minimum Gasteiger partial charge on any atom is -0.325 e. The second kappa shape index (κ2) is 6.04. The van der Waals surface area contributed by atoms with E-state index in [0.29, 0.717) is 17.0 Å². The van der Waals surface area contributed by atoms with Gasteiger partial charge >= 0.3 is 0 Å². The van der Waals surface area contributed by atoms with Crippen LogP contribution in [-0.4, -0.2) is 5.91 Å². The molecule has 120 valence electrons. The molecule has 24 heavy (non-hydrogen) atoms. The molecule has 1 aromatic heterocycles. The molecule has 2 heterocycles. The first-order valence-electron chi connectivity index (χ1n) is 7.55. The molecular weight excluding hydrogens is 345 g/mol. The molecular formula is C19H13ClFNOS. The van der Waals surface area contributed by atoms with E-state index in [2.05, 4.69) is 5.32 Å². The summed E-state index contributed by atoms with van der Waals surface area (Å²) < 4.78 is 14.2. The molecule has 1 N–H and O–H groups in total. The van der Waals surface area contributed by atoms with E-state index in [1.807, 2.05) is 29.6 Å². The van der Waals surface area contributed by atoms with Gasteiger partial charge in [0.15, 0.2) is 0 Å². The monoisotopic (exact) mass is 357 g/mol. The Morgan fingerprint density at radius 3 is 2.58 bits per heavy atom. The largest absolute Gasteiger partial charge is 0.325 e. The van der Waals surface area contributed by atoms with E-state index in [9.17, 15) is 9.18 Å². The van der Waals surface area contributed by atoms with E-state index in [0.717, 1.165) is 21.7 Å². The fourth-order valence-corrected chi connectivity index (χ4v) is 4.35. The number of amides is 1. The summed E-state index contributed by atoms with van der Waals surface area (Å²) in [5.74, 6) is -0.379. The molecule has 0 fully saturated rings. The van der Waals surface area contributed by atoms with E-state index in [4.69, 9.17) is 11.6 Å². The van der Waals surface area contributed by atoms with Gasteiger partial charge in [0.05, 0.1) is 5.69 Å². The fraction of sp³-hybridized carbons (Fsp3) is 0.105. The number of carbonyl (C=O) groups excluding carboxylic acids is 1. The maximum absolute atomic E-state index is 14.2. The van der Waals surface area contributed by atoms with Gasteiger partial charge in [0.25, 0.3) is 0 Å². The molecule has 2 nitrogen and oxygen atoms in total. The van der Waals surface area contributed by atoms with Crippen LogP contribution in [0.15, 0.2) is 53.9 Å². The summed E-state index contributed by atoms with van der Waals surface area (Å²) in [5, 5.41) is 5.50. The maximum Gasteiger partial charge on any atom is 0.225 e. The Morgan fingerprint density at radius 1 is 1.08 bits per heavy atom. The standard InChI is InChI=1S/C19H13ClFNOS/c20-12-7-5-11(6-8-12)14-9-17(23)22-18-15(10-24-19(14)18)13-3-1-2-4-16(13)21/h1-8,10,14H,9H2,(H,22,23). The summed E-state index contributed by atoms with van der Waals surface area (Å²) in [5.41, 5.74) is 3.01. The summed E-state index contributed by atoms with van der Waals surface area (Å²) in [6.45, 7) is 0. The number of halogens is 2. The molecule has 0 aliphatic carbocycles. The van der Waals surface area contributed by atoms with Crippen LogP contribution in [-0.2, 0) is 4.79 Å². The highest BCUT2D eigenvalue weighted by Gasteiger charge is 2.30. The number of anilines is 1. The van der Waals surface area contributed by atoms with Crippen molar-refractivity contribution in [3.05, 3.63) is 75.2 Å². The van der Waals surface area contributed by atoms with Crippen LogP contribution < -0.4 is 5.32 Å². The van der Waals surface area contributed by atoms with Crippen LogP contribution >= 0.6 is 22.9 Å². The lowest BCUT2D eigenvalue weighted by molar-refractivity contribution is -0.116. The minimum absolute atomic E-state index is 0.0310. The van der Waals surface area contributed by atoms with Crippen LogP contribution in [0.3, 0.4) is 0 Å². The lowest BCUT2D eigenvalue weighted by Gasteiger charge is -2.24. The molecule has 1 atom stereocenters. The van der Waals surface area contributed by atoms with E-state index in [-0.39, 0.29) is 17.6 Å². The highest BCUT2D eigenvalue weighted by atomic mass is 35.5. The van der Waals surface area contributed by atoms with Crippen molar-refractivity contribution in [1.29, 1.82) is 0 Å². The van der Waals surface area contributed by atoms with Gasteiger partial charge in [-0.1, -0.05) is 41.9 Å². The Morgan fingerprint density at radius 2 is 1.83 bits per heavy atom. The van der Waals surface area contributed by atoms with Gasteiger partial charge in [0.1, 0.15) is 5.82 Å². The smallest absolute Gasteiger partial charge is 0.225 e. The number of hydrogen-bond acceptors (Lipinski definition) is 2. The van der Waals surface area contributed by atoms with Crippen molar-refractivity contribution in [3.63, 3.8) is 0 Å². The summed E-state index contributed by atoms with van der Waals surface area (Å²) in [6.07, 6.45) is 0.381. The highest BCUT2D eigenvalue weighted by Crippen LogP contribution is 2.47. The number of fused-ring (bicyclic) bond motifs is 1. The number of rotatable bonds is 2. The zero-order chi connectivity index (χ0) is 16.7. The Labute approximate surface area is 147 Å². The second-order valence-corrected chi connectivity index (χ2v) is 7.07. The SMILES string of the molecule is O=C1CC(c2ccc(Cl)cc2)c2scc(-c3ccccc3F)c2N1. The second-order valence-electron chi connectivity index (χ2n) is 5.72. The molecule has 0 bridgehead atoms. The van der Waals surface area contributed by atoms with Crippen LogP contribution in [0.2, 0.25) is 5.02 Å². The van der Waals surface area contributed by atoms with Crippen LogP contribution in [0.25, 0.3) is 11.1 Å². The van der Waals surface area contributed by atoms with Crippen molar-refractivity contribution in [3.8, 4) is 11.1 Å². The Hall–Kier alpha value is -2.17. The lowest BCUT2D eigenvalue weighted by Crippen LogP contribution is -2.22. The average Bonchev–Trinajstić information content (AvgIpc) is 2.99. The van der Waals surface area contributed by atoms with E-state index < -0.39 is 0 Å². The zero-order valence-corrected chi connectivity index (χ0v) is 14.1. The summed E-state index contributed by atoms with van der Waals surface area (Å²) >= 11 is 7.51. The summed E-state index contributed by atoms with van der Waals surface area (Å²) in [7, 11) is 0. The molecule has 0 saturated heterocycles. The molecule has 1 unspecified atom stereocenters. The molecule has 4 rings (SSSR count). The first-order chi connectivity index (χ1) is 11.6. The number of benzene rings is 2. The predicted molar refractivity (Wildman–Crippen MR) is 96.3 cm³/mol. The first-order valence-corrected chi connectivity index (χ1v) is 8.81. The third kappa shape index (κ3) is 2.62. The Bertz CT molecular complexity index is 919. The fourth-order valence-electron chi connectivity index (χ4n) is 3.07. The molecule has 1 aliphatic rings. The molecule has 1 amide bonds. The number of hydrogen-bond donors (Lipinski definition) is 1. The van der Waals surface area contributed by atoms with Crippen molar-refractivity contribution in [1.82, 2.24) is 0 Å². The quantitative estimate of drug-likeness (QED) is 0.628. The van der Waals surface area contributed by atoms with Crippen molar-refractivity contribution in [2.45, 2.75) is 12.3 Å². The maximum atomic E-state index is 14.2. The normalized spacial score (nSPS) is 16.6. The highest BCUT2D eigenvalue weighted by molar-refractivity contribution is 7.11. The Balaban J connectivity index is 1.83. The molecule has 0 saturated carbocycles. The summed E-state index contributed by atoms with van der Waals surface area (Å²) in [6, 6.07) is 14.2. The van der Waals surface area contributed by atoms with E-state index in [1.54, 1.807) is 29.5 Å². The van der Waals surface area contributed by atoms with Gasteiger partial charge in [-0.25, -0.2) is 4.39 Å². The van der Waals surface area contributed by atoms with Crippen molar-refractivity contribution < 1.29 is 9.18 Å². The number of carbonyl (C=O) groups is 1.